The Hall–Kier alpha value is -0.570. The molecule has 0 radical (unpaired) electrons. The summed E-state index contributed by atoms with van der Waals surface area (Å²) >= 11 is 6.08. The van der Waals surface area contributed by atoms with Crippen molar-refractivity contribution in [3.8, 4) is 0 Å². The minimum Gasteiger partial charge on any atom is -0.326 e. The van der Waals surface area contributed by atoms with Crippen molar-refractivity contribution in [3.63, 3.8) is 0 Å². The van der Waals surface area contributed by atoms with Crippen LogP contribution in [0.4, 0.5) is 0 Å². The first-order valence-electron chi connectivity index (χ1n) is 5.38. The maximum Gasteiger partial charge on any atom is 0.0438 e. The second kappa shape index (κ2) is 4.52. The number of hydrogen-bond donors (Lipinski definition) is 1. The van der Waals surface area contributed by atoms with Crippen LogP contribution < -0.4 is 5.73 Å². The van der Waals surface area contributed by atoms with E-state index < -0.39 is 0 Å². The van der Waals surface area contributed by atoms with E-state index in [1.54, 1.807) is 0 Å². The molecule has 0 aromatic heterocycles. The molecule has 15 heavy (non-hydrogen) atoms. The van der Waals surface area contributed by atoms with Gasteiger partial charge >= 0.3 is 0 Å². The summed E-state index contributed by atoms with van der Waals surface area (Å²) in [5, 5.41) is 0.857. The predicted octanol–water partition coefficient (Wildman–Crippen LogP) is 2.18. The Bertz CT molecular complexity index is 351. The summed E-state index contributed by atoms with van der Waals surface area (Å²) in [4.78, 5) is 2.38. The molecular formula is C12H17ClN2. The van der Waals surface area contributed by atoms with Crippen LogP contribution in [0.1, 0.15) is 17.5 Å². The molecule has 0 bridgehead atoms. The predicted molar refractivity (Wildman–Crippen MR) is 64.1 cm³/mol. The number of nitrogens with two attached hydrogens (primary N) is 1. The second-order valence-corrected chi connectivity index (χ2v) is 4.77. The number of rotatable bonds is 2. The first-order chi connectivity index (χ1) is 7.15. The number of likely N-dealkylation sites (tertiary alicyclic amines) is 1. The van der Waals surface area contributed by atoms with Gasteiger partial charge in [-0.2, -0.15) is 0 Å². The Balaban J connectivity index is 2.02. The summed E-state index contributed by atoms with van der Waals surface area (Å²) in [5.41, 5.74) is 8.28. The molecule has 0 amide bonds. The molecule has 82 valence electrons. The van der Waals surface area contributed by atoms with Crippen LogP contribution in [0, 0.1) is 6.92 Å². The van der Waals surface area contributed by atoms with Crippen molar-refractivity contribution in [2.45, 2.75) is 25.9 Å². The van der Waals surface area contributed by atoms with Crippen LogP contribution in [0.25, 0.3) is 0 Å². The summed E-state index contributed by atoms with van der Waals surface area (Å²) in [6, 6.07) is 6.63. The standard InChI is InChI=1S/C12H17ClN2/c1-9-2-3-10(6-12(9)13)7-15-5-4-11(14)8-15/h2-3,6,11H,4-5,7-8,14H2,1H3/t11-/m1/s1. The lowest BCUT2D eigenvalue weighted by molar-refractivity contribution is 0.327. The van der Waals surface area contributed by atoms with E-state index in [0.29, 0.717) is 6.04 Å². The number of nitrogens with zero attached hydrogens (tertiary/aromatic N) is 1. The molecule has 1 aromatic carbocycles. The van der Waals surface area contributed by atoms with E-state index in [9.17, 15) is 0 Å². The number of halogens is 1. The first kappa shape index (κ1) is 10.9. The fourth-order valence-electron chi connectivity index (χ4n) is 2.00. The number of hydrogen-bond acceptors (Lipinski definition) is 2. The van der Waals surface area contributed by atoms with E-state index in [1.165, 1.54) is 5.56 Å². The molecule has 3 heteroatoms. The molecule has 0 aliphatic carbocycles. The Morgan fingerprint density at radius 1 is 1.53 bits per heavy atom. The minimum atomic E-state index is 0.353. The molecule has 0 unspecified atom stereocenters. The largest absolute Gasteiger partial charge is 0.326 e. The molecule has 1 saturated heterocycles. The molecule has 2 rings (SSSR count). The molecule has 1 aromatic rings. The normalized spacial score (nSPS) is 22.2. The van der Waals surface area contributed by atoms with Gasteiger partial charge in [0, 0.05) is 30.7 Å². The van der Waals surface area contributed by atoms with Gasteiger partial charge < -0.3 is 5.73 Å². The fourth-order valence-corrected chi connectivity index (χ4v) is 2.20. The summed E-state index contributed by atoms with van der Waals surface area (Å²) in [5.74, 6) is 0. The molecular weight excluding hydrogens is 208 g/mol. The van der Waals surface area contributed by atoms with E-state index in [4.69, 9.17) is 17.3 Å². The molecule has 2 nitrogen and oxygen atoms in total. The van der Waals surface area contributed by atoms with Gasteiger partial charge in [-0.05, 0) is 30.5 Å². The van der Waals surface area contributed by atoms with Gasteiger partial charge in [-0.15, -0.1) is 0 Å². The van der Waals surface area contributed by atoms with Crippen LogP contribution in [-0.4, -0.2) is 24.0 Å². The van der Waals surface area contributed by atoms with Gasteiger partial charge in [0.25, 0.3) is 0 Å². The lowest BCUT2D eigenvalue weighted by atomic mass is 10.1. The average molecular weight is 225 g/mol. The van der Waals surface area contributed by atoms with Crippen LogP contribution in [-0.2, 0) is 6.54 Å². The maximum absolute atomic E-state index is 6.08. The Kier molecular flexibility index (Phi) is 3.29. The van der Waals surface area contributed by atoms with E-state index in [-0.39, 0.29) is 0 Å². The van der Waals surface area contributed by atoms with Crippen molar-refractivity contribution in [1.29, 1.82) is 0 Å². The molecule has 1 fully saturated rings. The van der Waals surface area contributed by atoms with Gasteiger partial charge in [0.05, 0.1) is 0 Å². The van der Waals surface area contributed by atoms with E-state index in [0.717, 1.165) is 36.6 Å². The Labute approximate surface area is 96.0 Å². The van der Waals surface area contributed by atoms with Gasteiger partial charge in [-0.25, -0.2) is 0 Å². The second-order valence-electron chi connectivity index (χ2n) is 4.37. The van der Waals surface area contributed by atoms with E-state index in [2.05, 4.69) is 23.1 Å². The minimum absolute atomic E-state index is 0.353. The van der Waals surface area contributed by atoms with Crippen molar-refractivity contribution in [2.75, 3.05) is 13.1 Å². The van der Waals surface area contributed by atoms with Gasteiger partial charge in [-0.1, -0.05) is 23.7 Å². The van der Waals surface area contributed by atoms with Gasteiger partial charge in [0.15, 0.2) is 0 Å². The average Bonchev–Trinajstić information content (AvgIpc) is 2.58. The van der Waals surface area contributed by atoms with Crippen LogP contribution in [0.5, 0.6) is 0 Å². The van der Waals surface area contributed by atoms with Crippen LogP contribution >= 0.6 is 11.6 Å². The van der Waals surface area contributed by atoms with Crippen LogP contribution in [0.15, 0.2) is 18.2 Å². The molecule has 1 aliphatic rings. The molecule has 2 N–H and O–H groups in total. The third-order valence-electron chi connectivity index (χ3n) is 2.95. The number of aryl methyl sites for hydroxylation is 1. The first-order valence-corrected chi connectivity index (χ1v) is 5.76. The highest BCUT2D eigenvalue weighted by Crippen LogP contribution is 2.19. The summed E-state index contributed by atoms with van der Waals surface area (Å²) in [6.07, 6.45) is 1.11. The maximum atomic E-state index is 6.08. The molecule has 0 spiro atoms. The van der Waals surface area contributed by atoms with Crippen molar-refractivity contribution in [3.05, 3.63) is 34.3 Å². The summed E-state index contributed by atoms with van der Waals surface area (Å²) in [7, 11) is 0. The SMILES string of the molecule is Cc1ccc(CN2CC[C@@H](N)C2)cc1Cl. The van der Waals surface area contributed by atoms with Crippen LogP contribution in [0.2, 0.25) is 5.02 Å². The van der Waals surface area contributed by atoms with Crippen molar-refractivity contribution >= 4 is 11.6 Å². The fraction of sp³-hybridized carbons (Fsp3) is 0.500. The Morgan fingerprint density at radius 2 is 2.33 bits per heavy atom. The highest BCUT2D eigenvalue weighted by Gasteiger charge is 2.18. The zero-order valence-corrected chi connectivity index (χ0v) is 9.80. The topological polar surface area (TPSA) is 29.3 Å². The molecule has 1 heterocycles. The lowest BCUT2D eigenvalue weighted by Crippen LogP contribution is -2.26. The highest BCUT2D eigenvalue weighted by atomic mass is 35.5. The molecule has 0 saturated carbocycles. The van der Waals surface area contributed by atoms with Gasteiger partial charge in [-0.3, -0.25) is 4.90 Å². The highest BCUT2D eigenvalue weighted by molar-refractivity contribution is 6.31. The van der Waals surface area contributed by atoms with E-state index >= 15 is 0 Å². The summed E-state index contributed by atoms with van der Waals surface area (Å²) < 4.78 is 0. The van der Waals surface area contributed by atoms with Gasteiger partial charge in [0.1, 0.15) is 0 Å². The monoisotopic (exact) mass is 224 g/mol. The molecule has 1 atom stereocenters. The van der Waals surface area contributed by atoms with Crippen LogP contribution in [0.3, 0.4) is 0 Å². The van der Waals surface area contributed by atoms with Gasteiger partial charge in [0.2, 0.25) is 0 Å². The zero-order chi connectivity index (χ0) is 10.8. The summed E-state index contributed by atoms with van der Waals surface area (Å²) in [6.45, 7) is 5.10. The van der Waals surface area contributed by atoms with Crippen molar-refractivity contribution in [2.24, 2.45) is 5.73 Å². The third kappa shape index (κ3) is 2.71. The molecule has 1 aliphatic heterocycles. The van der Waals surface area contributed by atoms with E-state index in [1.807, 2.05) is 6.92 Å². The third-order valence-corrected chi connectivity index (χ3v) is 3.36. The zero-order valence-electron chi connectivity index (χ0n) is 9.04. The Morgan fingerprint density at radius 3 is 2.93 bits per heavy atom. The lowest BCUT2D eigenvalue weighted by Gasteiger charge is -2.15. The smallest absolute Gasteiger partial charge is 0.0438 e. The quantitative estimate of drug-likeness (QED) is 0.835. The number of benzene rings is 1. The van der Waals surface area contributed by atoms with Crippen molar-refractivity contribution in [1.82, 2.24) is 4.90 Å². The van der Waals surface area contributed by atoms with Crippen molar-refractivity contribution < 1.29 is 0 Å².